The molecular weight excluding hydrogens is 374 g/mol. The monoisotopic (exact) mass is 401 g/mol. The molecule has 5 nitrogen and oxygen atoms in total. The van der Waals surface area contributed by atoms with E-state index < -0.39 is 0 Å². The van der Waals surface area contributed by atoms with Crippen LogP contribution in [0.4, 0.5) is 5.69 Å². The van der Waals surface area contributed by atoms with Crippen molar-refractivity contribution in [2.45, 2.75) is 57.9 Å². The molecule has 0 unspecified atom stereocenters. The number of benzene rings is 1. The second-order valence-corrected chi connectivity index (χ2v) is 8.30. The zero-order chi connectivity index (χ0) is 19.9. The summed E-state index contributed by atoms with van der Waals surface area (Å²) < 4.78 is 6.22. The molecule has 2 aliphatic rings. The highest BCUT2D eigenvalue weighted by Gasteiger charge is 2.42. The van der Waals surface area contributed by atoms with Crippen molar-refractivity contribution in [1.82, 2.24) is 10.2 Å². The average molecular weight is 402 g/mol. The molecule has 2 N–H and O–H groups in total. The fraction of sp³-hybridized carbons (Fsp3) is 0.500. The van der Waals surface area contributed by atoms with Crippen molar-refractivity contribution in [2.24, 2.45) is 0 Å². The summed E-state index contributed by atoms with van der Waals surface area (Å²) in [5.41, 5.74) is 2.41. The van der Waals surface area contributed by atoms with Gasteiger partial charge in [0.05, 0.1) is 22.1 Å². The van der Waals surface area contributed by atoms with Gasteiger partial charge >= 0.3 is 0 Å². The molecule has 0 atom stereocenters. The van der Waals surface area contributed by atoms with E-state index in [2.05, 4.69) is 24.1 Å². The number of carbonyl (C=O) groups excluding carboxylic acids is 1. The number of hydrogen-bond acceptors (Lipinski definition) is 4. The van der Waals surface area contributed by atoms with Crippen LogP contribution in [0, 0.1) is 0 Å². The maximum Gasteiger partial charge on any atom is 0.289 e. The van der Waals surface area contributed by atoms with Gasteiger partial charge in [-0.1, -0.05) is 44.4 Å². The van der Waals surface area contributed by atoms with Crippen molar-refractivity contribution in [1.29, 1.82) is 0 Å². The zero-order valence-corrected chi connectivity index (χ0v) is 17.4. The molecular formula is C22H28ClN3O2. The maximum atomic E-state index is 13.0. The highest BCUT2D eigenvalue weighted by Crippen LogP contribution is 2.49. The molecule has 4 rings (SSSR count). The first kappa shape index (κ1) is 19.2. The molecule has 0 saturated heterocycles. The second-order valence-electron chi connectivity index (χ2n) is 7.89. The van der Waals surface area contributed by atoms with Gasteiger partial charge in [-0.2, -0.15) is 0 Å². The second kappa shape index (κ2) is 7.36. The molecule has 2 heterocycles. The Balaban J connectivity index is 1.88. The number of anilines is 1. The summed E-state index contributed by atoms with van der Waals surface area (Å²) in [6, 6.07) is 3.72. The molecule has 1 aromatic carbocycles. The number of amides is 1. The van der Waals surface area contributed by atoms with E-state index in [4.69, 9.17) is 16.0 Å². The van der Waals surface area contributed by atoms with Gasteiger partial charge in [0.2, 0.25) is 0 Å². The van der Waals surface area contributed by atoms with E-state index in [9.17, 15) is 4.79 Å². The molecule has 1 amide bonds. The van der Waals surface area contributed by atoms with Crippen LogP contribution < -0.4 is 10.6 Å². The van der Waals surface area contributed by atoms with Crippen LogP contribution in [0.2, 0.25) is 5.02 Å². The Morgan fingerprint density at radius 2 is 2.04 bits per heavy atom. The lowest BCUT2D eigenvalue weighted by Crippen LogP contribution is -2.48. The summed E-state index contributed by atoms with van der Waals surface area (Å²) in [6.45, 7) is 9.54. The Bertz CT molecular complexity index is 927. The van der Waals surface area contributed by atoms with E-state index in [-0.39, 0.29) is 11.4 Å². The predicted molar refractivity (Wildman–Crippen MR) is 114 cm³/mol. The summed E-state index contributed by atoms with van der Waals surface area (Å²) >= 11 is 6.65. The zero-order valence-electron chi connectivity index (χ0n) is 16.7. The number of rotatable bonds is 4. The first-order valence-electron chi connectivity index (χ1n) is 10.3. The summed E-state index contributed by atoms with van der Waals surface area (Å²) in [7, 11) is 0. The van der Waals surface area contributed by atoms with E-state index in [1.54, 1.807) is 0 Å². The van der Waals surface area contributed by atoms with Crippen molar-refractivity contribution in [2.75, 3.05) is 18.4 Å². The smallest absolute Gasteiger partial charge is 0.289 e. The molecule has 1 aromatic heterocycles. The van der Waals surface area contributed by atoms with Crippen LogP contribution in [-0.4, -0.2) is 23.9 Å². The van der Waals surface area contributed by atoms with Crippen molar-refractivity contribution >= 4 is 34.2 Å². The van der Waals surface area contributed by atoms with Crippen LogP contribution >= 0.6 is 11.6 Å². The van der Waals surface area contributed by atoms with E-state index in [0.29, 0.717) is 17.3 Å². The van der Waals surface area contributed by atoms with Gasteiger partial charge in [-0.15, -0.1) is 0 Å². The molecule has 1 saturated carbocycles. The van der Waals surface area contributed by atoms with Crippen LogP contribution in [0.25, 0.3) is 11.0 Å². The van der Waals surface area contributed by atoms with Gasteiger partial charge in [-0.3, -0.25) is 4.79 Å². The first-order valence-corrected chi connectivity index (χ1v) is 10.7. The SMILES string of the molecule is C=C1Nc2c(Cl)cc3cc(C(=O)N(CC)CCC)oc3c2C2(CCCCC2)N1. The van der Waals surface area contributed by atoms with E-state index in [0.717, 1.165) is 66.7 Å². The molecule has 150 valence electrons. The van der Waals surface area contributed by atoms with Crippen LogP contribution in [0.15, 0.2) is 28.9 Å². The Morgan fingerprint density at radius 1 is 1.29 bits per heavy atom. The van der Waals surface area contributed by atoms with E-state index in [1.807, 2.05) is 24.0 Å². The largest absolute Gasteiger partial charge is 0.450 e. The molecule has 0 radical (unpaired) electrons. The van der Waals surface area contributed by atoms with E-state index in [1.165, 1.54) is 6.42 Å². The van der Waals surface area contributed by atoms with Gasteiger partial charge < -0.3 is 20.0 Å². The summed E-state index contributed by atoms with van der Waals surface area (Å²) in [4.78, 5) is 14.8. The number of fused-ring (bicyclic) bond motifs is 4. The van der Waals surface area contributed by atoms with Gasteiger partial charge in [0.1, 0.15) is 5.58 Å². The van der Waals surface area contributed by atoms with Crippen LogP contribution in [0.1, 0.15) is 68.5 Å². The molecule has 1 spiro atoms. The van der Waals surface area contributed by atoms with Crippen LogP contribution in [0.5, 0.6) is 0 Å². The van der Waals surface area contributed by atoms with Crippen molar-refractivity contribution < 1.29 is 9.21 Å². The first-order chi connectivity index (χ1) is 13.5. The van der Waals surface area contributed by atoms with Gasteiger partial charge in [-0.05, 0) is 38.3 Å². The highest BCUT2D eigenvalue weighted by atomic mass is 35.5. The molecule has 1 aliphatic carbocycles. The van der Waals surface area contributed by atoms with Crippen molar-refractivity contribution in [3.8, 4) is 0 Å². The minimum Gasteiger partial charge on any atom is -0.450 e. The minimum atomic E-state index is -0.245. The number of carbonyl (C=O) groups is 1. The maximum absolute atomic E-state index is 13.0. The summed E-state index contributed by atoms with van der Waals surface area (Å²) in [5, 5.41) is 8.38. The lowest BCUT2D eigenvalue weighted by atomic mass is 9.74. The summed E-state index contributed by atoms with van der Waals surface area (Å²) in [6.07, 6.45) is 6.42. The molecule has 2 aromatic rings. The van der Waals surface area contributed by atoms with Crippen LogP contribution in [-0.2, 0) is 5.54 Å². The fourth-order valence-corrected chi connectivity index (χ4v) is 4.99. The number of hydrogen-bond donors (Lipinski definition) is 2. The predicted octanol–water partition coefficient (Wildman–Crippen LogP) is 5.60. The third kappa shape index (κ3) is 3.06. The molecule has 6 heteroatoms. The molecule has 1 aliphatic heterocycles. The highest BCUT2D eigenvalue weighted by molar-refractivity contribution is 6.34. The van der Waals surface area contributed by atoms with Gasteiger partial charge in [-0.25, -0.2) is 0 Å². The van der Waals surface area contributed by atoms with Crippen LogP contribution in [0.3, 0.4) is 0 Å². The topological polar surface area (TPSA) is 57.5 Å². The fourth-order valence-electron chi connectivity index (χ4n) is 4.73. The Labute approximate surface area is 171 Å². The normalized spacial score (nSPS) is 17.9. The Hall–Kier alpha value is -2.14. The third-order valence-electron chi connectivity index (χ3n) is 5.98. The Morgan fingerprint density at radius 3 is 2.71 bits per heavy atom. The number of nitrogens with one attached hydrogen (secondary N) is 2. The quantitative estimate of drug-likeness (QED) is 0.699. The number of nitrogens with zero attached hydrogens (tertiary/aromatic N) is 1. The van der Waals surface area contributed by atoms with Crippen molar-refractivity contribution in [3.05, 3.63) is 40.9 Å². The lowest BCUT2D eigenvalue weighted by molar-refractivity contribution is 0.0734. The number of furan rings is 1. The molecule has 28 heavy (non-hydrogen) atoms. The molecule has 0 bridgehead atoms. The van der Waals surface area contributed by atoms with Gasteiger partial charge in [0, 0.05) is 24.0 Å². The molecule has 1 fully saturated rings. The van der Waals surface area contributed by atoms with Gasteiger partial charge in [0.25, 0.3) is 5.91 Å². The third-order valence-corrected chi connectivity index (χ3v) is 6.28. The van der Waals surface area contributed by atoms with Gasteiger partial charge in [0.15, 0.2) is 5.76 Å². The standard InChI is InChI=1S/C22H28ClN3O2/c1-4-11-26(5-2)21(27)17-13-15-12-16(23)19-18(20(15)28-17)22(25-14(3)24-19)9-7-6-8-10-22/h12-13,24-25H,3-11H2,1-2H3. The lowest BCUT2D eigenvalue weighted by Gasteiger charge is -2.44. The van der Waals surface area contributed by atoms with E-state index >= 15 is 0 Å². The summed E-state index contributed by atoms with van der Waals surface area (Å²) in [5.74, 6) is 1.08. The van der Waals surface area contributed by atoms with Crippen molar-refractivity contribution in [3.63, 3.8) is 0 Å². The Kier molecular flexibility index (Phi) is 5.04. The average Bonchev–Trinajstić information content (AvgIpc) is 3.09. The minimum absolute atomic E-state index is 0.0655. The number of halogens is 1.